The Hall–Kier alpha value is 0.0300. The molecular formula is C13H17BrCl2O3S. The van der Waals surface area contributed by atoms with E-state index in [1.54, 1.807) is 26.0 Å². The van der Waals surface area contributed by atoms with Crippen LogP contribution in [0.2, 0.25) is 10.0 Å². The van der Waals surface area contributed by atoms with Gasteiger partial charge in [-0.15, -0.1) is 0 Å². The number of ether oxygens (including phenoxy) is 1. The highest BCUT2D eigenvalue weighted by Crippen LogP contribution is 2.44. The Morgan fingerprint density at radius 1 is 1.30 bits per heavy atom. The van der Waals surface area contributed by atoms with Gasteiger partial charge in [0.25, 0.3) is 0 Å². The van der Waals surface area contributed by atoms with Crippen molar-refractivity contribution in [2.75, 3.05) is 12.9 Å². The van der Waals surface area contributed by atoms with Crippen LogP contribution in [0.25, 0.3) is 0 Å². The first kappa shape index (κ1) is 18.1. The molecule has 0 bridgehead atoms. The Kier molecular flexibility index (Phi) is 5.81. The van der Waals surface area contributed by atoms with Crippen LogP contribution in [0.4, 0.5) is 0 Å². The predicted molar refractivity (Wildman–Crippen MR) is 88.2 cm³/mol. The van der Waals surface area contributed by atoms with Gasteiger partial charge in [0, 0.05) is 17.3 Å². The van der Waals surface area contributed by atoms with Gasteiger partial charge in [0.05, 0.1) is 21.2 Å². The summed E-state index contributed by atoms with van der Waals surface area (Å²) in [6.07, 6.45) is 1.20. The van der Waals surface area contributed by atoms with Crippen molar-refractivity contribution in [1.82, 2.24) is 0 Å². The topological polar surface area (TPSA) is 43.4 Å². The van der Waals surface area contributed by atoms with Crippen molar-refractivity contribution in [2.24, 2.45) is 0 Å². The van der Waals surface area contributed by atoms with Crippen molar-refractivity contribution >= 4 is 49.0 Å². The maximum absolute atomic E-state index is 11.9. The Labute approximate surface area is 138 Å². The summed E-state index contributed by atoms with van der Waals surface area (Å²) in [5, 5.41) is 0.816. The number of benzene rings is 1. The van der Waals surface area contributed by atoms with E-state index >= 15 is 0 Å². The smallest absolute Gasteiger partial charge is 0.154 e. The third-order valence-electron chi connectivity index (χ3n) is 3.19. The Morgan fingerprint density at radius 2 is 1.85 bits per heavy atom. The van der Waals surface area contributed by atoms with Gasteiger partial charge >= 0.3 is 0 Å². The Balaban J connectivity index is 3.31. The van der Waals surface area contributed by atoms with E-state index in [0.29, 0.717) is 28.0 Å². The van der Waals surface area contributed by atoms with Crippen molar-refractivity contribution < 1.29 is 13.2 Å². The number of rotatable bonds is 5. The van der Waals surface area contributed by atoms with Crippen LogP contribution in [0.3, 0.4) is 0 Å². The van der Waals surface area contributed by atoms with Gasteiger partial charge in [-0.3, -0.25) is 0 Å². The Bertz CT molecular complexity index is 600. The molecule has 3 nitrogen and oxygen atoms in total. The highest BCUT2D eigenvalue weighted by atomic mass is 79.9. The van der Waals surface area contributed by atoms with Crippen molar-refractivity contribution in [3.05, 3.63) is 27.7 Å². The van der Waals surface area contributed by atoms with Crippen LogP contribution >= 0.6 is 39.1 Å². The molecule has 1 aromatic carbocycles. The van der Waals surface area contributed by atoms with Gasteiger partial charge in [-0.05, 0) is 32.4 Å². The minimum atomic E-state index is -3.28. The van der Waals surface area contributed by atoms with E-state index in [9.17, 15) is 8.42 Å². The molecule has 1 unspecified atom stereocenters. The fourth-order valence-electron chi connectivity index (χ4n) is 1.57. The molecule has 0 saturated carbocycles. The molecule has 0 N–H and O–H groups in total. The van der Waals surface area contributed by atoms with Gasteiger partial charge in [0.2, 0.25) is 0 Å². The van der Waals surface area contributed by atoms with Crippen LogP contribution in [0, 0.1) is 0 Å². The molecular weight excluding hydrogens is 387 g/mol. The van der Waals surface area contributed by atoms with E-state index in [-0.39, 0.29) is 0 Å². The largest absolute Gasteiger partial charge is 0.492 e. The second-order valence-electron chi connectivity index (χ2n) is 4.98. The Morgan fingerprint density at radius 3 is 2.30 bits per heavy atom. The molecule has 0 amide bonds. The monoisotopic (exact) mass is 402 g/mol. The van der Waals surface area contributed by atoms with Gasteiger partial charge in [0.1, 0.15) is 5.75 Å². The lowest BCUT2D eigenvalue weighted by Gasteiger charge is -2.29. The third kappa shape index (κ3) is 3.62. The second-order valence-corrected chi connectivity index (χ2v) is 9.30. The van der Waals surface area contributed by atoms with Gasteiger partial charge in [-0.25, -0.2) is 8.42 Å². The van der Waals surface area contributed by atoms with Gasteiger partial charge in [-0.1, -0.05) is 39.1 Å². The van der Waals surface area contributed by atoms with Crippen molar-refractivity contribution in [3.63, 3.8) is 0 Å². The van der Waals surface area contributed by atoms with Crippen LogP contribution in [0.1, 0.15) is 31.2 Å². The molecule has 7 heteroatoms. The van der Waals surface area contributed by atoms with E-state index in [0.717, 1.165) is 0 Å². The summed E-state index contributed by atoms with van der Waals surface area (Å²) in [4.78, 5) is -0.481. The van der Waals surface area contributed by atoms with Crippen molar-refractivity contribution in [1.29, 1.82) is 0 Å². The van der Waals surface area contributed by atoms with Crippen LogP contribution in [0.5, 0.6) is 5.75 Å². The van der Waals surface area contributed by atoms with E-state index in [1.165, 1.54) is 6.26 Å². The highest BCUT2D eigenvalue weighted by Gasteiger charge is 2.39. The molecule has 0 heterocycles. The SMILES string of the molecule is CCOc1cc(Cl)c(C(Br)C(C)(C)S(C)(=O)=O)cc1Cl. The molecule has 1 rings (SSSR count). The molecule has 0 radical (unpaired) electrons. The molecule has 0 saturated heterocycles. The average Bonchev–Trinajstić information content (AvgIpc) is 2.31. The minimum absolute atomic E-state index is 0.403. The fourth-order valence-corrected chi connectivity index (χ4v) is 4.09. The van der Waals surface area contributed by atoms with E-state index in [2.05, 4.69) is 15.9 Å². The van der Waals surface area contributed by atoms with E-state index in [4.69, 9.17) is 27.9 Å². The average molecular weight is 404 g/mol. The summed E-state index contributed by atoms with van der Waals surface area (Å²) in [6.45, 7) is 5.60. The summed E-state index contributed by atoms with van der Waals surface area (Å²) in [5.74, 6) is 0.486. The molecule has 1 aromatic rings. The maximum Gasteiger partial charge on any atom is 0.154 e. The first-order chi connectivity index (χ1) is 9.02. The summed E-state index contributed by atoms with van der Waals surface area (Å²) in [5.41, 5.74) is 0.621. The quantitative estimate of drug-likeness (QED) is 0.672. The van der Waals surface area contributed by atoms with Crippen LogP contribution in [-0.2, 0) is 9.84 Å². The third-order valence-corrected chi connectivity index (χ3v) is 7.90. The molecule has 114 valence electrons. The van der Waals surface area contributed by atoms with E-state index < -0.39 is 19.4 Å². The van der Waals surface area contributed by atoms with Gasteiger partial charge in [0.15, 0.2) is 9.84 Å². The standard InChI is InChI=1S/C13H17BrCl2O3S/c1-5-19-11-7-9(15)8(6-10(11)16)12(14)13(2,3)20(4,17)18/h6-7,12H,5H2,1-4H3. The number of sulfone groups is 1. The number of halogens is 3. The molecule has 0 aromatic heterocycles. The normalized spacial score (nSPS) is 14.2. The summed E-state index contributed by atoms with van der Waals surface area (Å²) in [7, 11) is -3.28. The summed E-state index contributed by atoms with van der Waals surface area (Å²) in [6, 6.07) is 3.25. The lowest BCUT2D eigenvalue weighted by molar-refractivity contribution is 0.340. The van der Waals surface area contributed by atoms with Crippen molar-refractivity contribution in [2.45, 2.75) is 30.3 Å². The maximum atomic E-state index is 11.9. The summed E-state index contributed by atoms with van der Waals surface area (Å²) >= 11 is 15.8. The second kappa shape index (κ2) is 6.42. The molecule has 0 spiro atoms. The lowest BCUT2D eigenvalue weighted by Crippen LogP contribution is -2.35. The number of alkyl halides is 1. The van der Waals surface area contributed by atoms with Crippen LogP contribution in [-0.4, -0.2) is 26.0 Å². The molecule has 20 heavy (non-hydrogen) atoms. The van der Waals surface area contributed by atoms with Crippen LogP contribution in [0.15, 0.2) is 12.1 Å². The highest BCUT2D eigenvalue weighted by molar-refractivity contribution is 9.09. The zero-order chi connectivity index (χ0) is 15.7. The lowest BCUT2D eigenvalue weighted by atomic mass is 10.0. The zero-order valence-electron chi connectivity index (χ0n) is 11.7. The van der Waals surface area contributed by atoms with Crippen LogP contribution < -0.4 is 4.74 Å². The fraction of sp³-hybridized carbons (Fsp3) is 0.538. The molecule has 0 aliphatic heterocycles. The minimum Gasteiger partial charge on any atom is -0.492 e. The number of hydrogen-bond acceptors (Lipinski definition) is 3. The first-order valence-electron chi connectivity index (χ1n) is 5.97. The molecule has 0 fully saturated rings. The molecule has 0 aliphatic rings. The van der Waals surface area contributed by atoms with Gasteiger partial charge < -0.3 is 4.74 Å². The van der Waals surface area contributed by atoms with Gasteiger partial charge in [-0.2, -0.15) is 0 Å². The number of hydrogen-bond donors (Lipinski definition) is 0. The van der Waals surface area contributed by atoms with E-state index in [1.807, 2.05) is 6.92 Å². The van der Waals surface area contributed by atoms with Crippen molar-refractivity contribution in [3.8, 4) is 5.75 Å². The first-order valence-corrected chi connectivity index (χ1v) is 9.54. The summed E-state index contributed by atoms with van der Waals surface area (Å²) < 4.78 is 28.1. The zero-order valence-corrected chi connectivity index (χ0v) is 15.6. The molecule has 0 aliphatic carbocycles. The predicted octanol–water partition coefficient (Wildman–Crippen LogP) is 4.65. The molecule has 1 atom stereocenters.